The van der Waals surface area contributed by atoms with Crippen LogP contribution in [0.4, 0.5) is 4.39 Å². The van der Waals surface area contributed by atoms with E-state index in [1.54, 1.807) is 0 Å². The van der Waals surface area contributed by atoms with E-state index in [1.807, 2.05) is 6.20 Å². The molecular weight excluding hydrogens is 283 g/mol. The molecule has 0 amide bonds. The van der Waals surface area contributed by atoms with Gasteiger partial charge in [-0.05, 0) is 29.4 Å². The van der Waals surface area contributed by atoms with Crippen LogP contribution in [0.1, 0.15) is 42.9 Å². The SMILES string of the molecule is CC1(C)CCc2ccccc2C1c1cncnc1SCF. The fourth-order valence-electron chi connectivity index (χ4n) is 3.35. The van der Waals surface area contributed by atoms with Crippen LogP contribution in [0, 0.1) is 5.41 Å². The second-order valence-corrected chi connectivity index (χ2v) is 7.05. The van der Waals surface area contributed by atoms with Gasteiger partial charge in [0.15, 0.2) is 0 Å². The van der Waals surface area contributed by atoms with Crippen LogP contribution in [0.2, 0.25) is 0 Å². The molecule has 2 nitrogen and oxygen atoms in total. The Kier molecular flexibility index (Phi) is 3.98. The Balaban J connectivity index is 2.15. The molecule has 0 aliphatic heterocycles. The minimum absolute atomic E-state index is 0.116. The molecule has 0 saturated heterocycles. The summed E-state index contributed by atoms with van der Waals surface area (Å²) in [4.78, 5) is 8.49. The zero-order chi connectivity index (χ0) is 14.9. The third-order valence-corrected chi connectivity index (χ3v) is 5.11. The monoisotopic (exact) mass is 302 g/mol. The summed E-state index contributed by atoms with van der Waals surface area (Å²) in [5.74, 6) is 0.220. The molecule has 0 fully saturated rings. The van der Waals surface area contributed by atoms with Crippen LogP contribution in [0.25, 0.3) is 0 Å². The molecule has 0 N–H and O–H groups in total. The molecule has 110 valence electrons. The molecule has 2 aromatic rings. The van der Waals surface area contributed by atoms with Gasteiger partial charge in [-0.15, -0.1) is 0 Å². The zero-order valence-corrected chi connectivity index (χ0v) is 13.2. The number of hydrogen-bond donors (Lipinski definition) is 0. The average molecular weight is 302 g/mol. The molecule has 1 aromatic heterocycles. The lowest BCUT2D eigenvalue weighted by molar-refractivity contribution is 0.270. The van der Waals surface area contributed by atoms with Crippen LogP contribution in [0.3, 0.4) is 0 Å². The number of rotatable bonds is 3. The molecule has 1 atom stereocenters. The molecule has 1 unspecified atom stereocenters. The Morgan fingerprint density at radius 1 is 1.29 bits per heavy atom. The summed E-state index contributed by atoms with van der Waals surface area (Å²) in [5.41, 5.74) is 3.90. The predicted molar refractivity (Wildman–Crippen MR) is 84.3 cm³/mol. The van der Waals surface area contributed by atoms with E-state index in [9.17, 15) is 4.39 Å². The number of alkyl halides is 1. The molecule has 0 bridgehead atoms. The van der Waals surface area contributed by atoms with Gasteiger partial charge in [-0.25, -0.2) is 14.4 Å². The van der Waals surface area contributed by atoms with Crippen molar-refractivity contribution < 1.29 is 4.39 Å². The van der Waals surface area contributed by atoms with Gasteiger partial charge in [-0.2, -0.15) is 0 Å². The number of nitrogens with zero attached hydrogens (tertiary/aromatic N) is 2. The normalized spacial score (nSPS) is 20.0. The summed E-state index contributed by atoms with van der Waals surface area (Å²) in [6.07, 6.45) is 5.57. The predicted octanol–water partition coefficient (Wildman–Crippen LogP) is 4.60. The molecule has 1 heterocycles. The Bertz CT molecular complexity index is 642. The summed E-state index contributed by atoms with van der Waals surface area (Å²) >= 11 is 1.15. The number of aryl methyl sites for hydroxylation is 1. The van der Waals surface area contributed by atoms with Crippen molar-refractivity contribution in [1.29, 1.82) is 0 Å². The molecule has 4 heteroatoms. The maximum atomic E-state index is 12.8. The molecule has 3 rings (SSSR count). The number of halogens is 1. The van der Waals surface area contributed by atoms with Gasteiger partial charge in [0.2, 0.25) is 0 Å². The molecule has 0 radical (unpaired) electrons. The van der Waals surface area contributed by atoms with E-state index in [0.29, 0.717) is 0 Å². The van der Waals surface area contributed by atoms with Crippen LogP contribution in [0.5, 0.6) is 0 Å². The van der Waals surface area contributed by atoms with Crippen LogP contribution < -0.4 is 0 Å². The van der Waals surface area contributed by atoms with E-state index in [1.165, 1.54) is 17.5 Å². The highest BCUT2D eigenvalue weighted by Crippen LogP contribution is 2.50. The Morgan fingerprint density at radius 2 is 2.10 bits per heavy atom. The first kappa shape index (κ1) is 14.5. The highest BCUT2D eigenvalue weighted by Gasteiger charge is 2.38. The molecule has 1 aliphatic rings. The lowest BCUT2D eigenvalue weighted by Gasteiger charge is -2.40. The maximum absolute atomic E-state index is 12.8. The van der Waals surface area contributed by atoms with Crippen LogP contribution in [-0.2, 0) is 6.42 Å². The van der Waals surface area contributed by atoms with Gasteiger partial charge in [0.05, 0.1) is 0 Å². The van der Waals surface area contributed by atoms with E-state index >= 15 is 0 Å². The first-order valence-corrected chi connectivity index (χ1v) is 8.18. The van der Waals surface area contributed by atoms with Crippen LogP contribution in [-0.4, -0.2) is 16.0 Å². The minimum atomic E-state index is -0.460. The van der Waals surface area contributed by atoms with Crippen LogP contribution >= 0.6 is 11.8 Å². The summed E-state index contributed by atoms with van der Waals surface area (Å²) < 4.78 is 12.8. The number of fused-ring (bicyclic) bond motifs is 1. The maximum Gasteiger partial charge on any atom is 0.141 e. The van der Waals surface area contributed by atoms with Crippen molar-refractivity contribution in [3.05, 3.63) is 53.5 Å². The molecule has 1 aliphatic carbocycles. The van der Waals surface area contributed by atoms with Crippen molar-refractivity contribution >= 4 is 11.8 Å². The number of benzene rings is 1. The van der Waals surface area contributed by atoms with Gasteiger partial charge < -0.3 is 0 Å². The summed E-state index contributed by atoms with van der Waals surface area (Å²) in [5, 5.41) is 0.766. The minimum Gasteiger partial charge on any atom is -0.244 e. The van der Waals surface area contributed by atoms with E-state index < -0.39 is 6.01 Å². The van der Waals surface area contributed by atoms with Crippen molar-refractivity contribution in [1.82, 2.24) is 9.97 Å². The second kappa shape index (κ2) is 5.76. The van der Waals surface area contributed by atoms with Crippen molar-refractivity contribution in [2.45, 2.75) is 37.6 Å². The molecular formula is C17H19FN2S. The standard InChI is InChI=1S/C17H19FN2S/c1-17(2)8-7-12-5-3-4-6-13(12)15(17)14-9-19-11-20-16(14)21-10-18/h3-6,9,11,15H,7-8,10H2,1-2H3. The average Bonchev–Trinajstić information content (AvgIpc) is 2.48. The Hall–Kier alpha value is -1.42. The van der Waals surface area contributed by atoms with Gasteiger partial charge >= 0.3 is 0 Å². The van der Waals surface area contributed by atoms with Crippen molar-refractivity contribution in [2.75, 3.05) is 6.01 Å². The lowest BCUT2D eigenvalue weighted by Crippen LogP contribution is -2.29. The van der Waals surface area contributed by atoms with Gasteiger partial charge in [-0.1, -0.05) is 49.9 Å². The van der Waals surface area contributed by atoms with Gasteiger partial charge in [0, 0.05) is 17.7 Å². The Morgan fingerprint density at radius 3 is 2.90 bits per heavy atom. The summed E-state index contributed by atoms with van der Waals surface area (Å²) in [6, 6.07) is 8.10. The van der Waals surface area contributed by atoms with Gasteiger partial charge in [0.1, 0.15) is 17.4 Å². The summed E-state index contributed by atoms with van der Waals surface area (Å²) in [6.45, 7) is 4.56. The molecule has 21 heavy (non-hydrogen) atoms. The van der Waals surface area contributed by atoms with E-state index in [-0.39, 0.29) is 11.3 Å². The smallest absolute Gasteiger partial charge is 0.141 e. The third-order valence-electron chi connectivity index (χ3n) is 4.39. The molecule has 0 saturated carbocycles. The van der Waals surface area contributed by atoms with Gasteiger partial charge in [0.25, 0.3) is 0 Å². The fourth-order valence-corrected chi connectivity index (χ4v) is 3.92. The van der Waals surface area contributed by atoms with E-state index in [2.05, 4.69) is 48.1 Å². The quantitative estimate of drug-likeness (QED) is 0.612. The van der Waals surface area contributed by atoms with Crippen molar-refractivity contribution in [3.63, 3.8) is 0 Å². The zero-order valence-electron chi connectivity index (χ0n) is 12.3. The first-order valence-electron chi connectivity index (χ1n) is 7.20. The largest absolute Gasteiger partial charge is 0.244 e. The molecule has 0 spiro atoms. The van der Waals surface area contributed by atoms with Crippen LogP contribution in [0.15, 0.2) is 41.8 Å². The van der Waals surface area contributed by atoms with E-state index in [0.717, 1.165) is 35.2 Å². The first-order chi connectivity index (χ1) is 10.1. The topological polar surface area (TPSA) is 25.8 Å². The highest BCUT2D eigenvalue weighted by molar-refractivity contribution is 7.99. The number of aromatic nitrogens is 2. The third kappa shape index (κ3) is 2.69. The number of thioether (sulfide) groups is 1. The van der Waals surface area contributed by atoms with Crippen molar-refractivity contribution in [3.8, 4) is 0 Å². The van der Waals surface area contributed by atoms with E-state index in [4.69, 9.17) is 0 Å². The second-order valence-electron chi connectivity index (χ2n) is 6.16. The Labute approximate surface area is 129 Å². The lowest BCUT2D eigenvalue weighted by atomic mass is 9.64. The summed E-state index contributed by atoms with van der Waals surface area (Å²) in [7, 11) is 0. The fraction of sp³-hybridized carbons (Fsp3) is 0.412. The highest BCUT2D eigenvalue weighted by atomic mass is 32.2. The van der Waals surface area contributed by atoms with Gasteiger partial charge in [-0.3, -0.25) is 0 Å². The van der Waals surface area contributed by atoms with Crippen molar-refractivity contribution in [2.24, 2.45) is 5.41 Å². The number of hydrogen-bond acceptors (Lipinski definition) is 3. The molecule has 1 aromatic carbocycles.